The Bertz CT molecular complexity index is 408. The molecule has 1 saturated heterocycles. The molecule has 0 amide bonds. The van der Waals surface area contributed by atoms with Gasteiger partial charge in [-0.1, -0.05) is 30.1 Å². The van der Waals surface area contributed by atoms with Crippen LogP contribution in [0, 0.1) is 5.92 Å². The first-order valence-electron chi connectivity index (χ1n) is 6.77. The largest absolute Gasteiger partial charge is 0.399 e. The zero-order chi connectivity index (χ0) is 13.8. The van der Waals surface area contributed by atoms with Crippen LogP contribution in [0.4, 0.5) is 11.4 Å². The molecule has 1 unspecified atom stereocenters. The lowest BCUT2D eigenvalue weighted by Gasteiger charge is -2.21. The van der Waals surface area contributed by atoms with Gasteiger partial charge < -0.3 is 16.0 Å². The lowest BCUT2D eigenvalue weighted by molar-refractivity contribution is 0.294. The molecule has 19 heavy (non-hydrogen) atoms. The number of nitrogens with zero attached hydrogens (tertiary/aromatic N) is 1. The van der Waals surface area contributed by atoms with Gasteiger partial charge in [0.25, 0.3) is 0 Å². The lowest BCUT2D eigenvalue weighted by Crippen LogP contribution is -2.28. The zero-order valence-corrected chi connectivity index (χ0v) is 12.8. The Kier molecular flexibility index (Phi) is 5.20. The van der Waals surface area contributed by atoms with Crippen LogP contribution in [-0.4, -0.2) is 31.1 Å². The number of hydrogen-bond donors (Lipinski definition) is 2. The van der Waals surface area contributed by atoms with Crippen molar-refractivity contribution in [2.45, 2.75) is 19.8 Å². The van der Waals surface area contributed by atoms with Gasteiger partial charge in [-0.15, -0.1) is 0 Å². The fourth-order valence-corrected chi connectivity index (χ4v) is 3.15. The molecule has 0 bridgehead atoms. The highest BCUT2D eigenvalue weighted by molar-refractivity contribution is 6.39. The minimum atomic E-state index is 0.558. The maximum Gasteiger partial charge on any atom is 0.0720 e. The van der Waals surface area contributed by atoms with Crippen LogP contribution in [0.5, 0.6) is 0 Å². The first kappa shape index (κ1) is 14.8. The summed E-state index contributed by atoms with van der Waals surface area (Å²) in [6.45, 7) is 6.68. The zero-order valence-electron chi connectivity index (χ0n) is 11.3. The van der Waals surface area contributed by atoms with Crippen LogP contribution in [0.1, 0.15) is 19.8 Å². The number of nitrogen functional groups attached to an aromatic ring is 1. The molecule has 1 aliphatic rings. The van der Waals surface area contributed by atoms with Gasteiger partial charge in [0.1, 0.15) is 0 Å². The van der Waals surface area contributed by atoms with Crippen LogP contribution in [0.15, 0.2) is 12.1 Å². The molecule has 1 fully saturated rings. The summed E-state index contributed by atoms with van der Waals surface area (Å²) in [6, 6.07) is 3.45. The number of nitrogens with two attached hydrogens (primary N) is 1. The summed E-state index contributed by atoms with van der Waals surface area (Å²) < 4.78 is 0. The molecular weight excluding hydrogens is 281 g/mol. The van der Waals surface area contributed by atoms with E-state index < -0.39 is 0 Å². The van der Waals surface area contributed by atoms with Gasteiger partial charge >= 0.3 is 0 Å². The highest BCUT2D eigenvalue weighted by Crippen LogP contribution is 2.32. The predicted octanol–water partition coefficient (Wildman–Crippen LogP) is 3.72. The van der Waals surface area contributed by atoms with Gasteiger partial charge in [-0.3, -0.25) is 0 Å². The first-order valence-corrected chi connectivity index (χ1v) is 7.52. The second kappa shape index (κ2) is 6.69. The topological polar surface area (TPSA) is 41.3 Å². The molecule has 106 valence electrons. The van der Waals surface area contributed by atoms with Gasteiger partial charge in [0.05, 0.1) is 15.7 Å². The molecule has 0 saturated carbocycles. The number of benzene rings is 1. The Labute approximate surface area is 125 Å². The van der Waals surface area contributed by atoms with Gasteiger partial charge in [0, 0.05) is 18.8 Å². The van der Waals surface area contributed by atoms with E-state index in [0.717, 1.165) is 18.8 Å². The molecule has 1 aliphatic heterocycles. The third-order valence-corrected chi connectivity index (χ3v) is 4.06. The minimum absolute atomic E-state index is 0.558. The Morgan fingerprint density at radius 2 is 1.84 bits per heavy atom. The summed E-state index contributed by atoms with van der Waals surface area (Å²) in [5.74, 6) is 0.558. The number of halogens is 2. The van der Waals surface area contributed by atoms with E-state index in [-0.39, 0.29) is 0 Å². The summed E-state index contributed by atoms with van der Waals surface area (Å²) in [5, 5.41) is 4.50. The van der Waals surface area contributed by atoms with Gasteiger partial charge in [-0.2, -0.15) is 0 Å². The Balaban J connectivity index is 1.87. The van der Waals surface area contributed by atoms with E-state index in [0.29, 0.717) is 21.7 Å². The molecule has 1 aromatic carbocycles. The molecular formula is C14H21Cl2N3. The van der Waals surface area contributed by atoms with Crippen molar-refractivity contribution in [3.8, 4) is 0 Å². The van der Waals surface area contributed by atoms with E-state index in [1.54, 1.807) is 12.1 Å². The average Bonchev–Trinajstić information content (AvgIpc) is 2.80. The normalized spacial score (nSPS) is 17.6. The van der Waals surface area contributed by atoms with Crippen molar-refractivity contribution < 1.29 is 0 Å². The Morgan fingerprint density at radius 3 is 2.42 bits per heavy atom. The van der Waals surface area contributed by atoms with E-state index in [2.05, 4.69) is 17.1 Å². The van der Waals surface area contributed by atoms with E-state index in [1.165, 1.54) is 25.9 Å². The number of hydrogen-bond acceptors (Lipinski definition) is 3. The van der Waals surface area contributed by atoms with Crippen LogP contribution in [0.2, 0.25) is 10.0 Å². The standard InChI is InChI=1S/C14H21Cl2N3/c1-10(9-19-4-2-3-5-19)8-18-14-12(15)6-11(17)7-13(14)16/h6-7,10,18H,2-5,8-9,17H2,1H3. The van der Waals surface area contributed by atoms with E-state index in [9.17, 15) is 0 Å². The van der Waals surface area contributed by atoms with Crippen molar-refractivity contribution in [2.75, 3.05) is 37.2 Å². The molecule has 0 aliphatic carbocycles. The summed E-state index contributed by atoms with van der Waals surface area (Å²) in [5.41, 5.74) is 7.06. The van der Waals surface area contributed by atoms with Crippen molar-refractivity contribution in [3.63, 3.8) is 0 Å². The molecule has 1 aromatic rings. The number of likely N-dealkylation sites (tertiary alicyclic amines) is 1. The summed E-state index contributed by atoms with van der Waals surface area (Å²) >= 11 is 12.3. The minimum Gasteiger partial charge on any atom is -0.399 e. The van der Waals surface area contributed by atoms with Gasteiger partial charge in [0.2, 0.25) is 0 Å². The fraction of sp³-hybridized carbons (Fsp3) is 0.571. The second-order valence-electron chi connectivity index (χ2n) is 5.35. The number of rotatable bonds is 5. The molecule has 1 atom stereocenters. The SMILES string of the molecule is CC(CNc1c(Cl)cc(N)cc1Cl)CN1CCCC1. The maximum atomic E-state index is 6.15. The van der Waals surface area contributed by atoms with Crippen molar-refractivity contribution in [3.05, 3.63) is 22.2 Å². The monoisotopic (exact) mass is 301 g/mol. The third-order valence-electron chi connectivity index (χ3n) is 3.46. The molecule has 3 nitrogen and oxygen atoms in total. The van der Waals surface area contributed by atoms with Crippen LogP contribution >= 0.6 is 23.2 Å². The molecule has 5 heteroatoms. The summed E-state index contributed by atoms with van der Waals surface area (Å²) in [6.07, 6.45) is 2.66. The first-order chi connectivity index (χ1) is 9.06. The lowest BCUT2D eigenvalue weighted by atomic mass is 10.1. The summed E-state index contributed by atoms with van der Waals surface area (Å²) in [7, 11) is 0. The second-order valence-corrected chi connectivity index (χ2v) is 6.17. The van der Waals surface area contributed by atoms with Crippen LogP contribution in [-0.2, 0) is 0 Å². The number of anilines is 2. The molecule has 0 radical (unpaired) electrons. The van der Waals surface area contributed by atoms with E-state index >= 15 is 0 Å². The Hall–Kier alpha value is -0.640. The predicted molar refractivity (Wildman–Crippen MR) is 84.2 cm³/mol. The maximum absolute atomic E-state index is 6.15. The van der Waals surface area contributed by atoms with Crippen molar-refractivity contribution in [1.29, 1.82) is 0 Å². The van der Waals surface area contributed by atoms with E-state index in [1.807, 2.05) is 0 Å². The van der Waals surface area contributed by atoms with Crippen molar-refractivity contribution in [1.82, 2.24) is 4.90 Å². The third kappa shape index (κ3) is 4.16. The van der Waals surface area contributed by atoms with E-state index in [4.69, 9.17) is 28.9 Å². The van der Waals surface area contributed by atoms with Crippen LogP contribution < -0.4 is 11.1 Å². The smallest absolute Gasteiger partial charge is 0.0720 e. The fourth-order valence-electron chi connectivity index (χ4n) is 2.51. The number of nitrogens with one attached hydrogen (secondary N) is 1. The Morgan fingerprint density at radius 1 is 1.26 bits per heavy atom. The van der Waals surface area contributed by atoms with Crippen molar-refractivity contribution in [2.24, 2.45) is 5.92 Å². The average molecular weight is 302 g/mol. The highest BCUT2D eigenvalue weighted by atomic mass is 35.5. The highest BCUT2D eigenvalue weighted by Gasteiger charge is 2.15. The quantitative estimate of drug-likeness (QED) is 0.815. The van der Waals surface area contributed by atoms with Gasteiger partial charge in [0.15, 0.2) is 0 Å². The van der Waals surface area contributed by atoms with Crippen LogP contribution in [0.3, 0.4) is 0 Å². The molecule has 3 N–H and O–H groups in total. The van der Waals surface area contributed by atoms with Crippen LogP contribution in [0.25, 0.3) is 0 Å². The molecule has 0 spiro atoms. The van der Waals surface area contributed by atoms with Gasteiger partial charge in [-0.25, -0.2) is 0 Å². The molecule has 0 aromatic heterocycles. The summed E-state index contributed by atoms with van der Waals surface area (Å²) in [4.78, 5) is 2.51. The van der Waals surface area contributed by atoms with Crippen molar-refractivity contribution >= 4 is 34.6 Å². The molecule has 2 rings (SSSR count). The van der Waals surface area contributed by atoms with Gasteiger partial charge in [-0.05, 0) is 44.0 Å². The molecule has 1 heterocycles.